The van der Waals surface area contributed by atoms with Gasteiger partial charge in [0.1, 0.15) is 12.4 Å². The van der Waals surface area contributed by atoms with Crippen LogP contribution >= 0.6 is 0 Å². The van der Waals surface area contributed by atoms with Crippen LogP contribution in [0.1, 0.15) is 38.1 Å². The number of carbonyl (C=O) groups is 1. The van der Waals surface area contributed by atoms with Crippen molar-refractivity contribution in [2.24, 2.45) is 10.9 Å². The summed E-state index contributed by atoms with van der Waals surface area (Å²) in [6.45, 7) is 9.42. The van der Waals surface area contributed by atoms with Crippen LogP contribution in [0.25, 0.3) is 0 Å². The van der Waals surface area contributed by atoms with Crippen molar-refractivity contribution in [3.8, 4) is 5.75 Å². The van der Waals surface area contributed by atoms with Gasteiger partial charge in [0.05, 0.1) is 19.8 Å². The minimum Gasteiger partial charge on any atom is -0.497 e. The Balaban J connectivity index is 2.79. The molecule has 0 heterocycles. The Kier molecular flexibility index (Phi) is 8.86. The molecule has 1 atom stereocenters. The van der Waals surface area contributed by atoms with Crippen LogP contribution in [0.2, 0.25) is 0 Å². The SMILES string of the molecule is CCOCCOC(=NC(C)C(C)C)NC(=O)c1cccc(OC)c1. The van der Waals surface area contributed by atoms with Crippen LogP contribution < -0.4 is 10.1 Å². The molecule has 1 unspecified atom stereocenters. The molecule has 134 valence electrons. The van der Waals surface area contributed by atoms with Crippen molar-refractivity contribution in [3.05, 3.63) is 29.8 Å². The largest absolute Gasteiger partial charge is 0.497 e. The van der Waals surface area contributed by atoms with Gasteiger partial charge in [0.15, 0.2) is 0 Å². The summed E-state index contributed by atoms with van der Waals surface area (Å²) < 4.78 is 16.0. The smallest absolute Gasteiger partial charge is 0.292 e. The standard InChI is InChI=1S/C18H28N2O4/c1-6-23-10-11-24-18(19-14(4)13(2)3)20-17(21)15-8-7-9-16(12-15)22-5/h7-9,12-14H,6,10-11H2,1-5H3,(H,19,20,21). The maximum atomic E-state index is 12.4. The van der Waals surface area contributed by atoms with Gasteiger partial charge in [-0.1, -0.05) is 19.9 Å². The summed E-state index contributed by atoms with van der Waals surface area (Å²) in [5.41, 5.74) is 0.479. The lowest BCUT2D eigenvalue weighted by Gasteiger charge is -2.15. The van der Waals surface area contributed by atoms with Crippen molar-refractivity contribution < 1.29 is 19.0 Å². The minimum absolute atomic E-state index is 0.0257. The number of methoxy groups -OCH3 is 1. The van der Waals surface area contributed by atoms with E-state index >= 15 is 0 Å². The van der Waals surface area contributed by atoms with Crippen molar-refractivity contribution in [2.45, 2.75) is 33.7 Å². The number of hydrogen-bond donors (Lipinski definition) is 1. The third kappa shape index (κ3) is 7.00. The number of benzene rings is 1. The first-order valence-electron chi connectivity index (χ1n) is 8.21. The van der Waals surface area contributed by atoms with E-state index in [0.717, 1.165) is 0 Å². The summed E-state index contributed by atoms with van der Waals surface area (Å²) in [7, 11) is 1.56. The Morgan fingerprint density at radius 2 is 2.00 bits per heavy atom. The Bertz CT molecular complexity index is 544. The van der Waals surface area contributed by atoms with Gasteiger partial charge in [0, 0.05) is 12.2 Å². The van der Waals surface area contributed by atoms with Gasteiger partial charge in [-0.15, -0.1) is 0 Å². The van der Waals surface area contributed by atoms with Crippen LogP contribution in [0, 0.1) is 5.92 Å². The fourth-order valence-electron chi connectivity index (χ4n) is 1.71. The monoisotopic (exact) mass is 336 g/mol. The Labute approximate surface area is 144 Å². The Hall–Kier alpha value is -2.08. The molecule has 0 aliphatic rings. The van der Waals surface area contributed by atoms with Crippen LogP contribution in [-0.2, 0) is 9.47 Å². The molecule has 1 rings (SSSR count). The molecule has 0 spiro atoms. The average molecular weight is 336 g/mol. The predicted molar refractivity (Wildman–Crippen MR) is 94.6 cm³/mol. The predicted octanol–water partition coefficient (Wildman–Crippen LogP) is 2.88. The fourth-order valence-corrected chi connectivity index (χ4v) is 1.71. The zero-order valence-electron chi connectivity index (χ0n) is 15.2. The number of amides is 1. The molecule has 6 heteroatoms. The number of nitrogens with zero attached hydrogens (tertiary/aromatic N) is 1. The number of aliphatic imine (C=N–C) groups is 1. The third-order valence-corrected chi connectivity index (χ3v) is 3.51. The zero-order chi connectivity index (χ0) is 17.9. The van der Waals surface area contributed by atoms with Crippen LogP contribution in [-0.4, -0.2) is 44.9 Å². The average Bonchev–Trinajstić information content (AvgIpc) is 2.58. The topological polar surface area (TPSA) is 69.2 Å². The van der Waals surface area contributed by atoms with Gasteiger partial charge in [0.2, 0.25) is 0 Å². The molecule has 0 aliphatic heterocycles. The fraction of sp³-hybridized carbons (Fsp3) is 0.556. The van der Waals surface area contributed by atoms with Gasteiger partial charge in [-0.25, -0.2) is 4.99 Å². The summed E-state index contributed by atoms with van der Waals surface area (Å²) in [6, 6.07) is 7.16. The van der Waals surface area contributed by atoms with E-state index in [-0.39, 0.29) is 18.0 Å². The van der Waals surface area contributed by atoms with Gasteiger partial charge in [-0.2, -0.15) is 0 Å². The molecular formula is C18H28N2O4. The molecule has 0 aliphatic carbocycles. The van der Waals surface area contributed by atoms with E-state index in [1.165, 1.54) is 0 Å². The van der Waals surface area contributed by atoms with E-state index in [4.69, 9.17) is 14.2 Å². The minimum atomic E-state index is -0.292. The Morgan fingerprint density at radius 3 is 2.62 bits per heavy atom. The van der Waals surface area contributed by atoms with Crippen LogP contribution in [0.15, 0.2) is 29.3 Å². The molecular weight excluding hydrogens is 308 g/mol. The molecule has 0 bridgehead atoms. The van der Waals surface area contributed by atoms with E-state index < -0.39 is 0 Å². The quantitative estimate of drug-likeness (QED) is 0.450. The summed E-state index contributed by atoms with van der Waals surface area (Å²) in [6.07, 6.45) is 0. The molecule has 1 amide bonds. The molecule has 24 heavy (non-hydrogen) atoms. The molecule has 0 radical (unpaired) electrons. The molecule has 1 aromatic carbocycles. The highest BCUT2D eigenvalue weighted by Gasteiger charge is 2.14. The maximum absolute atomic E-state index is 12.4. The third-order valence-electron chi connectivity index (χ3n) is 3.51. The van der Waals surface area contributed by atoms with E-state index in [1.54, 1.807) is 31.4 Å². The number of carbonyl (C=O) groups excluding carboxylic acids is 1. The van der Waals surface area contributed by atoms with Gasteiger partial charge in [-0.3, -0.25) is 10.1 Å². The van der Waals surface area contributed by atoms with Crippen molar-refractivity contribution in [1.29, 1.82) is 0 Å². The normalized spacial score (nSPS) is 12.8. The number of nitrogens with one attached hydrogen (secondary N) is 1. The number of hydrogen-bond acceptors (Lipinski definition) is 5. The molecule has 0 saturated heterocycles. The summed E-state index contributed by atoms with van der Waals surface area (Å²) in [5.74, 6) is 0.665. The Morgan fingerprint density at radius 1 is 1.25 bits per heavy atom. The van der Waals surface area contributed by atoms with Crippen LogP contribution in [0.5, 0.6) is 5.75 Å². The number of amidine groups is 1. The lowest BCUT2D eigenvalue weighted by Crippen LogP contribution is -2.34. The van der Waals surface area contributed by atoms with Gasteiger partial charge in [-0.05, 0) is 38.0 Å². The maximum Gasteiger partial charge on any atom is 0.292 e. The first-order chi connectivity index (χ1) is 11.5. The highest BCUT2D eigenvalue weighted by molar-refractivity contribution is 6.04. The van der Waals surface area contributed by atoms with Crippen LogP contribution in [0.3, 0.4) is 0 Å². The van der Waals surface area contributed by atoms with Gasteiger partial charge in [0.25, 0.3) is 11.9 Å². The van der Waals surface area contributed by atoms with Crippen molar-refractivity contribution in [3.63, 3.8) is 0 Å². The first-order valence-corrected chi connectivity index (χ1v) is 8.21. The molecule has 6 nitrogen and oxygen atoms in total. The van der Waals surface area contributed by atoms with E-state index in [0.29, 0.717) is 37.1 Å². The van der Waals surface area contributed by atoms with Crippen LogP contribution in [0.4, 0.5) is 0 Å². The summed E-state index contributed by atoms with van der Waals surface area (Å²) in [4.78, 5) is 16.9. The summed E-state index contributed by atoms with van der Waals surface area (Å²) in [5, 5.41) is 2.73. The zero-order valence-corrected chi connectivity index (χ0v) is 15.2. The van der Waals surface area contributed by atoms with Gasteiger partial charge < -0.3 is 14.2 Å². The molecule has 0 fully saturated rings. The lowest BCUT2D eigenvalue weighted by atomic mass is 10.1. The molecule has 0 saturated carbocycles. The summed E-state index contributed by atoms with van der Waals surface area (Å²) >= 11 is 0. The molecule has 0 aromatic heterocycles. The first kappa shape index (κ1) is 20.0. The lowest BCUT2D eigenvalue weighted by molar-refractivity contribution is 0.0920. The number of ether oxygens (including phenoxy) is 3. The van der Waals surface area contributed by atoms with Crippen molar-refractivity contribution >= 4 is 11.9 Å². The highest BCUT2D eigenvalue weighted by Crippen LogP contribution is 2.12. The molecule has 1 N–H and O–H groups in total. The number of rotatable bonds is 8. The van der Waals surface area contributed by atoms with Crippen molar-refractivity contribution in [1.82, 2.24) is 5.32 Å². The second-order valence-corrected chi connectivity index (χ2v) is 5.65. The second kappa shape index (κ2) is 10.6. The van der Waals surface area contributed by atoms with Gasteiger partial charge >= 0.3 is 0 Å². The molecule has 1 aromatic rings. The highest BCUT2D eigenvalue weighted by atomic mass is 16.5. The van der Waals surface area contributed by atoms with E-state index in [2.05, 4.69) is 24.2 Å². The van der Waals surface area contributed by atoms with E-state index in [9.17, 15) is 4.79 Å². The van der Waals surface area contributed by atoms with Crippen molar-refractivity contribution in [2.75, 3.05) is 26.9 Å². The second-order valence-electron chi connectivity index (χ2n) is 5.65. The van der Waals surface area contributed by atoms with E-state index in [1.807, 2.05) is 13.8 Å².